The SMILES string of the molecule is CCC(O)(OP(C)(=O)O)C(=O)O. The third kappa shape index (κ3) is 3.32. The molecule has 72 valence electrons. The van der Waals surface area contributed by atoms with Gasteiger partial charge in [0.2, 0.25) is 0 Å². The molecule has 0 aromatic heterocycles. The molecular weight excluding hydrogens is 187 g/mol. The first-order valence-electron chi connectivity index (χ1n) is 3.18. The van der Waals surface area contributed by atoms with E-state index in [0.717, 1.165) is 6.66 Å². The van der Waals surface area contributed by atoms with E-state index in [0.29, 0.717) is 0 Å². The van der Waals surface area contributed by atoms with E-state index in [-0.39, 0.29) is 6.42 Å². The zero-order valence-corrected chi connectivity index (χ0v) is 7.62. The topological polar surface area (TPSA) is 104 Å². The van der Waals surface area contributed by atoms with Gasteiger partial charge in [0.15, 0.2) is 0 Å². The molecule has 0 heterocycles. The van der Waals surface area contributed by atoms with E-state index in [4.69, 9.17) is 15.1 Å². The van der Waals surface area contributed by atoms with Crippen LogP contribution in [-0.4, -0.2) is 33.5 Å². The van der Waals surface area contributed by atoms with Crippen LogP contribution in [0.25, 0.3) is 0 Å². The van der Waals surface area contributed by atoms with Crippen molar-refractivity contribution in [3.63, 3.8) is 0 Å². The lowest BCUT2D eigenvalue weighted by molar-refractivity contribution is -0.196. The number of hydrogen-bond donors (Lipinski definition) is 3. The molecule has 0 amide bonds. The van der Waals surface area contributed by atoms with E-state index in [1.54, 1.807) is 0 Å². The van der Waals surface area contributed by atoms with Crippen LogP contribution in [0.1, 0.15) is 13.3 Å². The lowest BCUT2D eigenvalue weighted by Gasteiger charge is -2.22. The van der Waals surface area contributed by atoms with Crippen LogP contribution < -0.4 is 0 Å². The maximum atomic E-state index is 10.6. The smallest absolute Gasteiger partial charge is 0.364 e. The van der Waals surface area contributed by atoms with Gasteiger partial charge in [0.25, 0.3) is 5.79 Å². The molecule has 7 heteroatoms. The van der Waals surface area contributed by atoms with Gasteiger partial charge in [0.1, 0.15) is 0 Å². The summed E-state index contributed by atoms with van der Waals surface area (Å²) < 4.78 is 14.7. The van der Waals surface area contributed by atoms with Gasteiger partial charge in [-0.15, -0.1) is 0 Å². The number of carboxylic acids is 1. The molecule has 0 aliphatic heterocycles. The second kappa shape index (κ2) is 3.53. The maximum Gasteiger partial charge on any atom is 0.364 e. The van der Waals surface area contributed by atoms with Crippen LogP contribution in [0, 0.1) is 0 Å². The first-order valence-corrected chi connectivity index (χ1v) is 5.20. The summed E-state index contributed by atoms with van der Waals surface area (Å²) in [5.41, 5.74) is 0. The Kier molecular flexibility index (Phi) is 3.41. The van der Waals surface area contributed by atoms with Crippen LogP contribution >= 0.6 is 7.60 Å². The zero-order valence-electron chi connectivity index (χ0n) is 6.72. The van der Waals surface area contributed by atoms with Crippen LogP contribution in [0.4, 0.5) is 0 Å². The molecule has 3 N–H and O–H groups in total. The standard InChI is InChI=1S/C5H11O6P/c1-3-5(8,4(6)7)11-12(2,9)10/h8H,3H2,1-2H3,(H,6,7)(H,9,10). The number of rotatable bonds is 4. The molecule has 0 fully saturated rings. The lowest BCUT2D eigenvalue weighted by Crippen LogP contribution is -2.39. The molecule has 12 heavy (non-hydrogen) atoms. The van der Waals surface area contributed by atoms with E-state index >= 15 is 0 Å². The minimum atomic E-state index is -3.99. The molecule has 0 saturated carbocycles. The molecular formula is C5H11O6P. The van der Waals surface area contributed by atoms with E-state index in [1.165, 1.54) is 6.92 Å². The summed E-state index contributed by atoms with van der Waals surface area (Å²) in [6.07, 6.45) is -0.305. The van der Waals surface area contributed by atoms with Crippen LogP contribution in [-0.2, 0) is 13.9 Å². The third-order valence-corrected chi connectivity index (χ3v) is 1.77. The van der Waals surface area contributed by atoms with Gasteiger partial charge in [0, 0.05) is 13.1 Å². The van der Waals surface area contributed by atoms with Crippen molar-refractivity contribution in [2.24, 2.45) is 0 Å². The number of carbonyl (C=O) groups is 1. The summed E-state index contributed by atoms with van der Waals surface area (Å²) in [5.74, 6) is -4.25. The summed E-state index contributed by atoms with van der Waals surface area (Å²) in [6, 6.07) is 0. The molecule has 0 saturated heterocycles. The highest BCUT2D eigenvalue weighted by Crippen LogP contribution is 2.42. The Bertz CT molecular complexity index is 220. The van der Waals surface area contributed by atoms with Crippen molar-refractivity contribution in [2.75, 3.05) is 6.66 Å². The van der Waals surface area contributed by atoms with Crippen molar-refractivity contribution in [3.8, 4) is 0 Å². The highest BCUT2D eigenvalue weighted by atomic mass is 31.2. The average molecular weight is 198 g/mol. The quantitative estimate of drug-likeness (QED) is 0.434. The van der Waals surface area contributed by atoms with Crippen molar-refractivity contribution >= 4 is 13.6 Å². The minimum Gasteiger partial charge on any atom is -0.477 e. The summed E-state index contributed by atoms with van der Waals surface area (Å²) in [7, 11) is -3.99. The summed E-state index contributed by atoms with van der Waals surface area (Å²) >= 11 is 0. The summed E-state index contributed by atoms with van der Waals surface area (Å²) in [4.78, 5) is 19.0. The zero-order chi connectivity index (χ0) is 9.99. The predicted octanol–water partition coefficient (Wildman–Crippen LogP) is 0.00140. The van der Waals surface area contributed by atoms with Crippen LogP contribution in [0.5, 0.6) is 0 Å². The van der Waals surface area contributed by atoms with Crippen LogP contribution in [0.3, 0.4) is 0 Å². The van der Waals surface area contributed by atoms with Crippen LogP contribution in [0.2, 0.25) is 0 Å². The molecule has 2 atom stereocenters. The van der Waals surface area contributed by atoms with Crippen molar-refractivity contribution in [1.29, 1.82) is 0 Å². The van der Waals surface area contributed by atoms with Crippen LogP contribution in [0.15, 0.2) is 0 Å². The monoisotopic (exact) mass is 198 g/mol. The fraction of sp³-hybridized carbons (Fsp3) is 0.800. The summed E-state index contributed by atoms with van der Waals surface area (Å²) in [5, 5.41) is 17.5. The Balaban J connectivity index is 4.57. The normalized spacial score (nSPS) is 21.0. The van der Waals surface area contributed by atoms with Gasteiger partial charge in [-0.1, -0.05) is 6.92 Å². The molecule has 0 aromatic rings. The van der Waals surface area contributed by atoms with Gasteiger partial charge < -0.3 is 15.1 Å². The number of carboxylic acid groups (broad SMARTS) is 1. The van der Waals surface area contributed by atoms with Gasteiger partial charge in [-0.05, 0) is 0 Å². The molecule has 0 aliphatic carbocycles. The maximum absolute atomic E-state index is 10.6. The molecule has 0 bridgehead atoms. The molecule has 0 aliphatic rings. The van der Waals surface area contributed by atoms with Crippen molar-refractivity contribution < 1.29 is 29.0 Å². The second-order valence-corrected chi connectivity index (χ2v) is 4.13. The number of aliphatic hydroxyl groups is 1. The lowest BCUT2D eigenvalue weighted by atomic mass is 10.2. The average Bonchev–Trinajstić information content (AvgIpc) is 1.83. The van der Waals surface area contributed by atoms with Gasteiger partial charge in [0.05, 0.1) is 0 Å². The van der Waals surface area contributed by atoms with Gasteiger partial charge in [-0.3, -0.25) is 9.09 Å². The fourth-order valence-electron chi connectivity index (χ4n) is 0.535. The van der Waals surface area contributed by atoms with Gasteiger partial charge in [-0.25, -0.2) is 4.79 Å². The molecule has 0 aromatic carbocycles. The van der Waals surface area contributed by atoms with E-state index in [1.807, 2.05) is 0 Å². The second-order valence-electron chi connectivity index (χ2n) is 2.34. The molecule has 0 rings (SSSR count). The van der Waals surface area contributed by atoms with Crippen molar-refractivity contribution in [3.05, 3.63) is 0 Å². The highest BCUT2D eigenvalue weighted by Gasteiger charge is 2.40. The Morgan fingerprint density at radius 3 is 2.17 bits per heavy atom. The Labute approximate surface area is 69.3 Å². The third-order valence-electron chi connectivity index (χ3n) is 1.13. The molecule has 6 nitrogen and oxygen atoms in total. The predicted molar refractivity (Wildman–Crippen MR) is 39.7 cm³/mol. The molecule has 0 radical (unpaired) electrons. The number of aliphatic carboxylic acids is 1. The summed E-state index contributed by atoms with van der Waals surface area (Å²) in [6.45, 7) is 2.13. The van der Waals surface area contributed by atoms with E-state index < -0.39 is 19.4 Å². The molecule has 2 unspecified atom stereocenters. The van der Waals surface area contributed by atoms with Gasteiger partial charge >= 0.3 is 13.6 Å². The van der Waals surface area contributed by atoms with E-state index in [9.17, 15) is 9.36 Å². The largest absolute Gasteiger partial charge is 0.477 e. The first kappa shape index (κ1) is 11.6. The van der Waals surface area contributed by atoms with Gasteiger partial charge in [-0.2, -0.15) is 0 Å². The molecule has 0 spiro atoms. The Hall–Kier alpha value is -0.420. The van der Waals surface area contributed by atoms with Crippen molar-refractivity contribution in [1.82, 2.24) is 0 Å². The number of hydrogen-bond acceptors (Lipinski definition) is 4. The minimum absolute atomic E-state index is 0.305. The fourth-order valence-corrected chi connectivity index (χ4v) is 1.30. The van der Waals surface area contributed by atoms with Crippen molar-refractivity contribution in [2.45, 2.75) is 19.1 Å². The first-order chi connectivity index (χ1) is 5.21. The highest BCUT2D eigenvalue weighted by molar-refractivity contribution is 7.52. The van der Waals surface area contributed by atoms with E-state index in [2.05, 4.69) is 4.52 Å². The Morgan fingerprint density at radius 2 is 2.08 bits per heavy atom. The Morgan fingerprint density at radius 1 is 1.67 bits per heavy atom.